The van der Waals surface area contributed by atoms with Gasteiger partial charge in [-0.2, -0.15) is 0 Å². The molecule has 2 aromatic rings. The number of amides is 1. The van der Waals surface area contributed by atoms with Crippen LogP contribution in [0, 0.1) is 13.8 Å². The van der Waals surface area contributed by atoms with Crippen LogP contribution in [0.2, 0.25) is 0 Å². The Morgan fingerprint density at radius 2 is 1.31 bits per heavy atom. The normalized spacial score (nSPS) is 11.1. The molecular formula is C32H51NO3. The minimum absolute atomic E-state index is 0.144. The Bertz CT molecular complexity index is 842. The zero-order chi connectivity index (χ0) is 25.8. The Kier molecular flexibility index (Phi) is 15.8. The van der Waals surface area contributed by atoms with Crippen molar-refractivity contribution in [3.63, 3.8) is 0 Å². The summed E-state index contributed by atoms with van der Waals surface area (Å²) >= 11 is 0. The van der Waals surface area contributed by atoms with Crippen LogP contribution in [0.3, 0.4) is 0 Å². The highest BCUT2D eigenvalue weighted by Gasteiger charge is 2.11. The van der Waals surface area contributed by atoms with Crippen LogP contribution in [0.4, 0.5) is 0 Å². The fraction of sp³-hybridized carbons (Fsp3) is 0.656. The van der Waals surface area contributed by atoms with Crippen LogP contribution >= 0.6 is 0 Å². The van der Waals surface area contributed by atoms with Crippen molar-refractivity contribution in [1.29, 1.82) is 0 Å². The Balaban J connectivity index is 1.41. The third-order valence-electron chi connectivity index (χ3n) is 6.91. The predicted molar refractivity (Wildman–Crippen MR) is 151 cm³/mol. The van der Waals surface area contributed by atoms with Crippen molar-refractivity contribution < 1.29 is 13.9 Å². The molecule has 0 bridgehead atoms. The summed E-state index contributed by atoms with van der Waals surface area (Å²) < 4.78 is 11.6. The van der Waals surface area contributed by atoms with Crippen molar-refractivity contribution in [1.82, 2.24) is 5.32 Å². The Hall–Kier alpha value is -2.23. The highest BCUT2D eigenvalue weighted by Crippen LogP contribution is 2.21. The highest BCUT2D eigenvalue weighted by molar-refractivity contribution is 5.91. The van der Waals surface area contributed by atoms with E-state index in [-0.39, 0.29) is 5.91 Å². The van der Waals surface area contributed by atoms with E-state index in [0.29, 0.717) is 24.7 Å². The summed E-state index contributed by atoms with van der Waals surface area (Å²) in [5.41, 5.74) is 2.24. The number of hydrogen-bond donors (Lipinski definition) is 1. The van der Waals surface area contributed by atoms with Crippen molar-refractivity contribution in [2.75, 3.05) is 6.54 Å². The van der Waals surface area contributed by atoms with Gasteiger partial charge in [0, 0.05) is 6.54 Å². The van der Waals surface area contributed by atoms with E-state index in [9.17, 15) is 4.79 Å². The average molecular weight is 498 g/mol. The molecule has 1 aromatic carbocycles. The van der Waals surface area contributed by atoms with Crippen LogP contribution in [-0.4, -0.2) is 12.5 Å². The van der Waals surface area contributed by atoms with Gasteiger partial charge in [-0.1, -0.05) is 115 Å². The largest absolute Gasteiger partial charge is 0.485 e. The molecule has 0 aliphatic rings. The van der Waals surface area contributed by atoms with Gasteiger partial charge < -0.3 is 14.5 Å². The van der Waals surface area contributed by atoms with Crippen molar-refractivity contribution in [2.45, 2.75) is 130 Å². The van der Waals surface area contributed by atoms with Gasteiger partial charge in [-0.3, -0.25) is 4.79 Å². The molecule has 202 valence electrons. The number of unbranched alkanes of at least 4 members (excludes halogenated alkanes) is 15. The third kappa shape index (κ3) is 13.2. The first kappa shape index (κ1) is 30.0. The summed E-state index contributed by atoms with van der Waals surface area (Å²) in [5, 5.41) is 2.98. The van der Waals surface area contributed by atoms with Gasteiger partial charge in [0.25, 0.3) is 5.91 Å². The minimum Gasteiger partial charge on any atom is -0.485 e. The Morgan fingerprint density at radius 1 is 0.750 bits per heavy atom. The maximum absolute atomic E-state index is 12.3. The second kappa shape index (κ2) is 19.0. The molecule has 0 aliphatic carbocycles. The van der Waals surface area contributed by atoms with Crippen LogP contribution in [0.15, 0.2) is 34.7 Å². The van der Waals surface area contributed by atoms with E-state index in [0.717, 1.165) is 23.3 Å². The van der Waals surface area contributed by atoms with Crippen LogP contribution in [0.25, 0.3) is 0 Å². The fourth-order valence-electron chi connectivity index (χ4n) is 4.55. The van der Waals surface area contributed by atoms with E-state index in [1.807, 2.05) is 32.0 Å². The summed E-state index contributed by atoms with van der Waals surface area (Å²) in [6.07, 6.45) is 21.6. The molecule has 0 radical (unpaired) electrons. The van der Waals surface area contributed by atoms with E-state index in [1.54, 1.807) is 6.07 Å². The number of carbonyl (C=O) groups is 1. The first-order valence-electron chi connectivity index (χ1n) is 14.7. The number of nitrogens with one attached hydrogen (secondary N) is 1. The second-order valence-corrected chi connectivity index (χ2v) is 10.4. The average Bonchev–Trinajstić information content (AvgIpc) is 3.35. The number of aryl methyl sites for hydroxylation is 2. The van der Waals surface area contributed by atoms with Gasteiger partial charge in [0.05, 0.1) is 0 Å². The van der Waals surface area contributed by atoms with Gasteiger partial charge in [-0.15, -0.1) is 0 Å². The number of benzene rings is 1. The van der Waals surface area contributed by atoms with Crippen LogP contribution < -0.4 is 10.1 Å². The van der Waals surface area contributed by atoms with E-state index in [2.05, 4.69) is 18.3 Å². The molecule has 0 saturated carbocycles. The molecule has 0 unspecified atom stereocenters. The molecule has 0 fully saturated rings. The molecule has 0 saturated heterocycles. The molecule has 2 rings (SSSR count). The molecule has 0 spiro atoms. The Morgan fingerprint density at radius 3 is 1.89 bits per heavy atom. The minimum atomic E-state index is -0.144. The zero-order valence-corrected chi connectivity index (χ0v) is 23.3. The number of ether oxygens (including phenoxy) is 1. The summed E-state index contributed by atoms with van der Waals surface area (Å²) in [6.45, 7) is 7.36. The number of rotatable bonds is 21. The van der Waals surface area contributed by atoms with E-state index in [4.69, 9.17) is 9.15 Å². The lowest BCUT2D eigenvalue weighted by atomic mass is 10.0. The lowest BCUT2D eigenvalue weighted by Gasteiger charge is -2.08. The predicted octanol–water partition coefficient (Wildman–Crippen LogP) is 9.47. The summed E-state index contributed by atoms with van der Waals surface area (Å²) in [4.78, 5) is 12.3. The topological polar surface area (TPSA) is 51.5 Å². The molecule has 1 aromatic heterocycles. The second-order valence-electron chi connectivity index (χ2n) is 10.4. The van der Waals surface area contributed by atoms with Crippen LogP contribution in [-0.2, 0) is 6.61 Å². The zero-order valence-electron chi connectivity index (χ0n) is 23.3. The van der Waals surface area contributed by atoms with Gasteiger partial charge in [-0.25, -0.2) is 0 Å². The molecule has 1 amide bonds. The number of carbonyl (C=O) groups excluding carboxylic acids is 1. The molecule has 0 aliphatic heterocycles. The molecule has 4 nitrogen and oxygen atoms in total. The number of furan rings is 1. The Labute approximate surface area is 220 Å². The van der Waals surface area contributed by atoms with Gasteiger partial charge in [0.1, 0.15) is 18.1 Å². The van der Waals surface area contributed by atoms with Crippen molar-refractivity contribution in [3.8, 4) is 5.75 Å². The third-order valence-corrected chi connectivity index (χ3v) is 6.91. The van der Waals surface area contributed by atoms with Crippen molar-refractivity contribution in [3.05, 3.63) is 53.0 Å². The van der Waals surface area contributed by atoms with E-state index in [1.165, 1.54) is 96.3 Å². The molecule has 1 heterocycles. The summed E-state index contributed by atoms with van der Waals surface area (Å²) in [5.74, 6) is 1.71. The SMILES string of the molecule is CCCCCCCCCCCCCCCCCCNC(=O)c1ccc(COc2cc(C)ccc2C)o1. The van der Waals surface area contributed by atoms with Crippen LogP contribution in [0.5, 0.6) is 5.75 Å². The summed E-state index contributed by atoms with van der Waals surface area (Å²) in [6, 6.07) is 9.67. The monoisotopic (exact) mass is 497 g/mol. The fourth-order valence-corrected chi connectivity index (χ4v) is 4.55. The molecule has 1 N–H and O–H groups in total. The van der Waals surface area contributed by atoms with E-state index < -0.39 is 0 Å². The highest BCUT2D eigenvalue weighted by atomic mass is 16.5. The van der Waals surface area contributed by atoms with Gasteiger partial charge >= 0.3 is 0 Å². The quantitative estimate of drug-likeness (QED) is 0.175. The van der Waals surface area contributed by atoms with Crippen molar-refractivity contribution >= 4 is 5.91 Å². The van der Waals surface area contributed by atoms with Gasteiger partial charge in [0.15, 0.2) is 5.76 Å². The first-order chi connectivity index (χ1) is 17.6. The lowest BCUT2D eigenvalue weighted by Crippen LogP contribution is -2.23. The van der Waals surface area contributed by atoms with Crippen molar-refractivity contribution in [2.24, 2.45) is 0 Å². The molecule has 36 heavy (non-hydrogen) atoms. The van der Waals surface area contributed by atoms with Gasteiger partial charge in [0.2, 0.25) is 0 Å². The first-order valence-corrected chi connectivity index (χ1v) is 14.7. The van der Waals surface area contributed by atoms with Gasteiger partial charge in [-0.05, 0) is 49.6 Å². The van der Waals surface area contributed by atoms with E-state index >= 15 is 0 Å². The van der Waals surface area contributed by atoms with Crippen LogP contribution in [0.1, 0.15) is 137 Å². The maximum atomic E-state index is 12.3. The molecule has 0 atom stereocenters. The standard InChI is InChI=1S/C32H51NO3/c1-4-5-6-7-8-9-10-11-12-13-14-15-16-17-18-19-24-33-32(34)30-23-22-29(36-30)26-35-31-25-27(2)20-21-28(31)3/h20-23,25H,4-19,24,26H2,1-3H3,(H,33,34). The summed E-state index contributed by atoms with van der Waals surface area (Å²) in [7, 11) is 0. The number of hydrogen-bond acceptors (Lipinski definition) is 3. The smallest absolute Gasteiger partial charge is 0.286 e. The maximum Gasteiger partial charge on any atom is 0.286 e. The molecule has 4 heteroatoms. The lowest BCUT2D eigenvalue weighted by molar-refractivity contribution is 0.0921. The molecular weight excluding hydrogens is 446 g/mol.